The molecule has 3 atom stereocenters. The number of primary amides is 1. The fourth-order valence-electron chi connectivity index (χ4n) is 2.86. The molecule has 2 fully saturated rings. The van der Waals surface area contributed by atoms with Crippen LogP contribution in [0.1, 0.15) is 32.6 Å². The Morgan fingerprint density at radius 3 is 2.65 bits per heavy atom. The second-order valence-corrected chi connectivity index (χ2v) is 5.47. The Bertz CT molecular complexity index is 406. The van der Waals surface area contributed by atoms with Gasteiger partial charge in [-0.25, -0.2) is 0 Å². The third kappa shape index (κ3) is 3.09. The molecule has 0 aromatic heterocycles. The Kier molecular flexibility index (Phi) is 4.59. The lowest BCUT2D eigenvalue weighted by Gasteiger charge is -2.26. The van der Waals surface area contributed by atoms with Gasteiger partial charge in [0.25, 0.3) is 0 Å². The van der Waals surface area contributed by atoms with Gasteiger partial charge in [0, 0.05) is 6.54 Å². The average Bonchev–Trinajstić information content (AvgIpc) is 3.08. The molecular weight excluding hydrogens is 260 g/mol. The standard InChI is InChI=1S/C13H22N4O3/c1-8(16-12(19)9-4-2-6-15-9)13(20)17-7-3-5-10(17)11(14)18/h8-10,15H,2-7H2,1H3,(H2,14,18)(H,16,19)/t8-,9-,10-/m0/s1. The van der Waals surface area contributed by atoms with E-state index in [1.165, 1.54) is 4.90 Å². The van der Waals surface area contributed by atoms with Crippen molar-refractivity contribution in [1.82, 2.24) is 15.5 Å². The molecule has 0 aromatic rings. The number of amides is 3. The van der Waals surface area contributed by atoms with E-state index < -0.39 is 18.0 Å². The van der Waals surface area contributed by atoms with Gasteiger partial charge in [0.2, 0.25) is 17.7 Å². The predicted octanol–water partition coefficient (Wildman–Crippen LogP) is -1.28. The van der Waals surface area contributed by atoms with Gasteiger partial charge >= 0.3 is 0 Å². The largest absolute Gasteiger partial charge is 0.368 e. The van der Waals surface area contributed by atoms with Gasteiger partial charge in [-0.1, -0.05) is 0 Å². The summed E-state index contributed by atoms with van der Waals surface area (Å²) in [7, 11) is 0. The first kappa shape index (κ1) is 14.8. The van der Waals surface area contributed by atoms with Crippen LogP contribution in [0, 0.1) is 0 Å². The van der Waals surface area contributed by atoms with Crippen LogP contribution in [0.15, 0.2) is 0 Å². The van der Waals surface area contributed by atoms with Crippen molar-refractivity contribution in [2.45, 2.75) is 50.7 Å². The number of nitrogens with zero attached hydrogens (tertiary/aromatic N) is 1. The molecule has 0 unspecified atom stereocenters. The highest BCUT2D eigenvalue weighted by Crippen LogP contribution is 2.18. The lowest BCUT2D eigenvalue weighted by molar-refractivity contribution is -0.140. The van der Waals surface area contributed by atoms with Crippen molar-refractivity contribution >= 4 is 17.7 Å². The monoisotopic (exact) mass is 282 g/mol. The number of nitrogens with two attached hydrogens (primary N) is 1. The van der Waals surface area contributed by atoms with E-state index in [2.05, 4.69) is 10.6 Å². The topological polar surface area (TPSA) is 105 Å². The molecule has 7 nitrogen and oxygen atoms in total. The maximum Gasteiger partial charge on any atom is 0.245 e. The zero-order chi connectivity index (χ0) is 14.7. The van der Waals surface area contributed by atoms with Crippen molar-refractivity contribution in [2.24, 2.45) is 5.73 Å². The molecule has 112 valence electrons. The van der Waals surface area contributed by atoms with Crippen molar-refractivity contribution in [3.05, 3.63) is 0 Å². The number of carbonyl (C=O) groups is 3. The summed E-state index contributed by atoms with van der Waals surface area (Å²) in [6.07, 6.45) is 3.13. The summed E-state index contributed by atoms with van der Waals surface area (Å²) < 4.78 is 0. The van der Waals surface area contributed by atoms with E-state index in [4.69, 9.17) is 5.73 Å². The summed E-state index contributed by atoms with van der Waals surface area (Å²) >= 11 is 0. The zero-order valence-corrected chi connectivity index (χ0v) is 11.7. The number of rotatable bonds is 4. The second-order valence-electron chi connectivity index (χ2n) is 5.47. The normalized spacial score (nSPS) is 27.4. The molecule has 0 aromatic carbocycles. The van der Waals surface area contributed by atoms with Gasteiger partial charge in [-0.05, 0) is 39.2 Å². The maximum absolute atomic E-state index is 12.3. The molecular formula is C13H22N4O3. The van der Waals surface area contributed by atoms with Gasteiger partial charge < -0.3 is 21.3 Å². The summed E-state index contributed by atoms with van der Waals surface area (Å²) in [5.74, 6) is -0.873. The molecule has 0 radical (unpaired) electrons. The van der Waals surface area contributed by atoms with E-state index in [0.29, 0.717) is 13.0 Å². The third-order valence-electron chi connectivity index (χ3n) is 3.97. The van der Waals surface area contributed by atoms with Crippen molar-refractivity contribution in [1.29, 1.82) is 0 Å². The van der Waals surface area contributed by atoms with Gasteiger partial charge in [0.15, 0.2) is 0 Å². The molecule has 0 saturated carbocycles. The Balaban J connectivity index is 1.91. The van der Waals surface area contributed by atoms with Gasteiger partial charge in [0.05, 0.1) is 6.04 Å². The summed E-state index contributed by atoms with van der Waals surface area (Å²) in [5, 5.41) is 5.80. The van der Waals surface area contributed by atoms with Gasteiger partial charge in [-0.3, -0.25) is 14.4 Å². The Morgan fingerprint density at radius 2 is 2.05 bits per heavy atom. The van der Waals surface area contributed by atoms with E-state index in [9.17, 15) is 14.4 Å². The highest BCUT2D eigenvalue weighted by molar-refractivity contribution is 5.92. The number of likely N-dealkylation sites (tertiary alicyclic amines) is 1. The summed E-state index contributed by atoms with van der Waals surface area (Å²) in [5.41, 5.74) is 5.30. The minimum absolute atomic E-state index is 0.154. The smallest absolute Gasteiger partial charge is 0.245 e. The van der Waals surface area contributed by atoms with Crippen LogP contribution in [-0.4, -0.2) is 53.8 Å². The van der Waals surface area contributed by atoms with Crippen LogP contribution in [0.25, 0.3) is 0 Å². The molecule has 2 aliphatic heterocycles. The minimum Gasteiger partial charge on any atom is -0.368 e. The molecule has 7 heteroatoms. The van der Waals surface area contributed by atoms with Crippen molar-refractivity contribution in [2.75, 3.05) is 13.1 Å². The third-order valence-corrected chi connectivity index (χ3v) is 3.97. The molecule has 2 aliphatic rings. The van der Waals surface area contributed by atoms with Gasteiger partial charge in [-0.2, -0.15) is 0 Å². The quantitative estimate of drug-likeness (QED) is 0.597. The first-order chi connectivity index (χ1) is 9.50. The highest BCUT2D eigenvalue weighted by atomic mass is 16.2. The maximum atomic E-state index is 12.3. The molecule has 2 rings (SSSR count). The summed E-state index contributed by atoms with van der Waals surface area (Å²) in [6.45, 7) is 3.00. The molecule has 20 heavy (non-hydrogen) atoms. The Morgan fingerprint density at radius 1 is 1.30 bits per heavy atom. The molecule has 0 bridgehead atoms. The van der Waals surface area contributed by atoms with Crippen LogP contribution < -0.4 is 16.4 Å². The van der Waals surface area contributed by atoms with Crippen LogP contribution in [0.3, 0.4) is 0 Å². The van der Waals surface area contributed by atoms with Gasteiger partial charge in [0.1, 0.15) is 12.1 Å². The molecule has 2 saturated heterocycles. The number of hydrogen-bond donors (Lipinski definition) is 3. The highest BCUT2D eigenvalue weighted by Gasteiger charge is 2.35. The van der Waals surface area contributed by atoms with Gasteiger partial charge in [-0.15, -0.1) is 0 Å². The van der Waals surface area contributed by atoms with E-state index in [1.54, 1.807) is 6.92 Å². The Labute approximate surface area is 118 Å². The first-order valence-corrected chi connectivity index (χ1v) is 7.14. The first-order valence-electron chi connectivity index (χ1n) is 7.14. The molecule has 3 amide bonds. The van der Waals surface area contributed by atoms with E-state index >= 15 is 0 Å². The zero-order valence-electron chi connectivity index (χ0n) is 11.7. The number of nitrogens with one attached hydrogen (secondary N) is 2. The van der Waals surface area contributed by atoms with Crippen LogP contribution in [-0.2, 0) is 14.4 Å². The predicted molar refractivity (Wildman–Crippen MR) is 72.6 cm³/mol. The molecule has 0 spiro atoms. The second kappa shape index (κ2) is 6.21. The number of carbonyl (C=O) groups excluding carboxylic acids is 3. The lowest BCUT2D eigenvalue weighted by Crippen LogP contribution is -2.54. The molecule has 2 heterocycles. The van der Waals surface area contributed by atoms with Crippen LogP contribution in [0.4, 0.5) is 0 Å². The number of hydrogen-bond acceptors (Lipinski definition) is 4. The van der Waals surface area contributed by atoms with Crippen molar-refractivity contribution < 1.29 is 14.4 Å². The van der Waals surface area contributed by atoms with Crippen LogP contribution >= 0.6 is 0 Å². The van der Waals surface area contributed by atoms with E-state index in [1.807, 2.05) is 0 Å². The SMILES string of the molecule is C[C@H](NC(=O)[C@@H]1CCCN1)C(=O)N1CCC[C@H]1C(N)=O. The Hall–Kier alpha value is -1.63. The summed E-state index contributed by atoms with van der Waals surface area (Å²) in [4.78, 5) is 37.0. The van der Waals surface area contributed by atoms with E-state index in [-0.39, 0.29) is 17.9 Å². The summed E-state index contributed by atoms with van der Waals surface area (Å²) in [6, 6.07) is -1.38. The fraction of sp³-hybridized carbons (Fsp3) is 0.769. The van der Waals surface area contributed by atoms with Crippen LogP contribution in [0.2, 0.25) is 0 Å². The minimum atomic E-state index is -0.634. The van der Waals surface area contributed by atoms with Crippen molar-refractivity contribution in [3.63, 3.8) is 0 Å². The van der Waals surface area contributed by atoms with Crippen LogP contribution in [0.5, 0.6) is 0 Å². The fourth-order valence-corrected chi connectivity index (χ4v) is 2.86. The lowest BCUT2D eigenvalue weighted by atomic mass is 10.1. The molecule has 4 N–H and O–H groups in total. The molecule has 0 aliphatic carbocycles. The average molecular weight is 282 g/mol. The van der Waals surface area contributed by atoms with Crippen molar-refractivity contribution in [3.8, 4) is 0 Å². The van der Waals surface area contributed by atoms with E-state index in [0.717, 1.165) is 25.8 Å².